The van der Waals surface area contributed by atoms with Crippen molar-refractivity contribution >= 4 is 5.97 Å². The fourth-order valence-electron chi connectivity index (χ4n) is 4.26. The van der Waals surface area contributed by atoms with Crippen LogP contribution in [0.2, 0.25) is 0 Å². The van der Waals surface area contributed by atoms with Gasteiger partial charge in [-0.3, -0.25) is 4.90 Å². The molecule has 3 aliphatic heterocycles. The third-order valence-electron chi connectivity index (χ3n) is 5.77. The monoisotopic (exact) mass is 319 g/mol. The summed E-state index contributed by atoms with van der Waals surface area (Å²) in [4.78, 5) is 15.2. The molecule has 3 heterocycles. The number of nitrogens with zero attached hydrogens (tertiary/aromatic N) is 1. The standard InChI is InChI=1S/C19H29NO3/c1-2-3-6-11-19(22,16-7-4-5-8-16)18(21)23-17-14-20-12-9-15(17)10-13-20/h15-17,22H,2-5,7-10,12-14H2,1H3/t17-,19+/m0/s1. The number of carbonyl (C=O) groups excluding carboxylic acids is 1. The van der Waals surface area contributed by atoms with Gasteiger partial charge in [0, 0.05) is 18.9 Å². The van der Waals surface area contributed by atoms with Crippen LogP contribution in [0, 0.1) is 23.7 Å². The minimum Gasteiger partial charge on any atom is -0.458 e. The lowest BCUT2D eigenvalue weighted by molar-refractivity contribution is -0.178. The molecule has 0 aromatic rings. The SMILES string of the molecule is CCCC#C[C@](O)(C(=O)O[C@H]1CN2CCC1CC2)C1CCCC1. The smallest absolute Gasteiger partial charge is 0.351 e. The molecular weight excluding hydrogens is 290 g/mol. The van der Waals surface area contributed by atoms with E-state index in [1.54, 1.807) is 0 Å². The van der Waals surface area contributed by atoms with Crippen LogP contribution in [0.1, 0.15) is 58.3 Å². The molecule has 2 atom stereocenters. The van der Waals surface area contributed by atoms with Crippen molar-refractivity contribution in [1.82, 2.24) is 4.90 Å². The Morgan fingerprint density at radius 1 is 1.26 bits per heavy atom. The first kappa shape index (κ1) is 16.8. The van der Waals surface area contributed by atoms with E-state index in [9.17, 15) is 9.90 Å². The third-order valence-corrected chi connectivity index (χ3v) is 5.77. The highest BCUT2D eigenvalue weighted by Gasteiger charge is 2.47. The van der Waals surface area contributed by atoms with E-state index in [1.165, 1.54) is 0 Å². The minimum atomic E-state index is -1.60. The first-order valence-electron chi connectivity index (χ1n) is 9.29. The third kappa shape index (κ3) is 3.56. The predicted molar refractivity (Wildman–Crippen MR) is 88.6 cm³/mol. The number of hydrogen-bond acceptors (Lipinski definition) is 4. The Kier molecular flexibility index (Phi) is 5.28. The van der Waals surface area contributed by atoms with Crippen molar-refractivity contribution in [2.24, 2.45) is 11.8 Å². The van der Waals surface area contributed by atoms with Gasteiger partial charge in [0.05, 0.1) is 0 Å². The fourth-order valence-corrected chi connectivity index (χ4v) is 4.26. The van der Waals surface area contributed by atoms with Crippen LogP contribution < -0.4 is 0 Å². The second-order valence-corrected chi connectivity index (χ2v) is 7.38. The minimum absolute atomic E-state index is 0.0640. The highest BCUT2D eigenvalue weighted by atomic mass is 16.6. The normalized spacial score (nSPS) is 32.9. The maximum Gasteiger partial charge on any atom is 0.351 e. The quantitative estimate of drug-likeness (QED) is 0.638. The van der Waals surface area contributed by atoms with Crippen molar-refractivity contribution in [3.05, 3.63) is 0 Å². The topological polar surface area (TPSA) is 49.8 Å². The molecule has 0 aromatic heterocycles. The summed E-state index contributed by atoms with van der Waals surface area (Å²) in [7, 11) is 0. The largest absolute Gasteiger partial charge is 0.458 e. The molecule has 4 fully saturated rings. The Labute approximate surface area is 139 Å². The van der Waals surface area contributed by atoms with Gasteiger partial charge < -0.3 is 9.84 Å². The van der Waals surface area contributed by atoms with E-state index in [0.29, 0.717) is 12.3 Å². The molecule has 4 aliphatic rings. The number of fused-ring (bicyclic) bond motifs is 3. The predicted octanol–water partition coefficient (Wildman–Crippen LogP) is 2.35. The van der Waals surface area contributed by atoms with Crippen LogP contribution in [0.15, 0.2) is 0 Å². The highest BCUT2D eigenvalue weighted by Crippen LogP contribution is 2.36. The average molecular weight is 319 g/mol. The summed E-state index contributed by atoms with van der Waals surface area (Å²) in [6.45, 7) is 5.10. The van der Waals surface area contributed by atoms with Crippen LogP contribution >= 0.6 is 0 Å². The van der Waals surface area contributed by atoms with E-state index >= 15 is 0 Å². The van der Waals surface area contributed by atoms with Crippen LogP contribution in [-0.4, -0.2) is 47.3 Å². The molecule has 23 heavy (non-hydrogen) atoms. The van der Waals surface area contributed by atoms with Crippen LogP contribution in [-0.2, 0) is 9.53 Å². The van der Waals surface area contributed by atoms with Gasteiger partial charge in [0.1, 0.15) is 6.10 Å². The molecule has 1 aliphatic carbocycles. The molecule has 1 saturated carbocycles. The van der Waals surface area contributed by atoms with Crippen molar-refractivity contribution in [2.75, 3.05) is 19.6 Å². The van der Waals surface area contributed by atoms with E-state index in [1.807, 2.05) is 0 Å². The van der Waals surface area contributed by atoms with Gasteiger partial charge in [-0.05, 0) is 51.1 Å². The summed E-state index contributed by atoms with van der Waals surface area (Å²) in [6.07, 6.45) is 7.64. The lowest BCUT2D eigenvalue weighted by atomic mass is 9.84. The van der Waals surface area contributed by atoms with E-state index in [-0.39, 0.29) is 12.0 Å². The van der Waals surface area contributed by atoms with E-state index in [4.69, 9.17) is 4.74 Å². The Morgan fingerprint density at radius 3 is 2.52 bits per heavy atom. The molecule has 0 unspecified atom stereocenters. The van der Waals surface area contributed by atoms with Crippen LogP contribution in [0.5, 0.6) is 0 Å². The molecule has 2 bridgehead atoms. The Morgan fingerprint density at radius 2 is 1.96 bits per heavy atom. The Hall–Kier alpha value is -1.05. The van der Waals surface area contributed by atoms with Gasteiger partial charge in [0.2, 0.25) is 5.60 Å². The van der Waals surface area contributed by atoms with E-state index in [0.717, 1.165) is 64.6 Å². The van der Waals surface area contributed by atoms with Crippen LogP contribution in [0.3, 0.4) is 0 Å². The van der Waals surface area contributed by atoms with Crippen molar-refractivity contribution in [2.45, 2.75) is 70.0 Å². The van der Waals surface area contributed by atoms with Gasteiger partial charge in [-0.15, -0.1) is 0 Å². The summed E-state index contributed by atoms with van der Waals surface area (Å²) < 4.78 is 5.80. The summed E-state index contributed by atoms with van der Waals surface area (Å²) >= 11 is 0. The molecule has 4 nitrogen and oxygen atoms in total. The summed E-state index contributed by atoms with van der Waals surface area (Å²) in [5.41, 5.74) is -1.60. The number of hydrogen-bond donors (Lipinski definition) is 1. The Bertz CT molecular complexity index is 481. The molecule has 0 amide bonds. The maximum atomic E-state index is 12.8. The average Bonchev–Trinajstić information content (AvgIpc) is 3.11. The molecule has 0 aromatic carbocycles. The van der Waals surface area contributed by atoms with Crippen molar-refractivity contribution < 1.29 is 14.6 Å². The molecule has 0 spiro atoms. The van der Waals surface area contributed by atoms with Crippen molar-refractivity contribution in [3.63, 3.8) is 0 Å². The van der Waals surface area contributed by atoms with Crippen LogP contribution in [0.25, 0.3) is 0 Å². The molecular formula is C19H29NO3. The number of rotatable bonds is 4. The zero-order valence-electron chi connectivity index (χ0n) is 14.2. The Balaban J connectivity index is 1.71. The fraction of sp³-hybridized carbons (Fsp3) is 0.842. The lowest BCUT2D eigenvalue weighted by Crippen LogP contribution is -2.55. The number of unbranched alkanes of at least 4 members (excludes halogenated alkanes) is 1. The maximum absolute atomic E-state index is 12.8. The number of piperidine rings is 3. The van der Waals surface area contributed by atoms with Crippen molar-refractivity contribution in [1.29, 1.82) is 0 Å². The molecule has 128 valence electrons. The second kappa shape index (κ2) is 7.23. The molecule has 4 rings (SSSR count). The van der Waals surface area contributed by atoms with Gasteiger partial charge in [-0.1, -0.05) is 31.6 Å². The zero-order valence-corrected chi connectivity index (χ0v) is 14.2. The lowest BCUT2D eigenvalue weighted by Gasteiger charge is -2.44. The molecule has 3 saturated heterocycles. The van der Waals surface area contributed by atoms with Gasteiger partial charge >= 0.3 is 5.97 Å². The highest BCUT2D eigenvalue weighted by molar-refractivity contribution is 5.84. The zero-order chi connectivity index (χ0) is 16.3. The number of carbonyl (C=O) groups is 1. The van der Waals surface area contributed by atoms with E-state index < -0.39 is 11.6 Å². The van der Waals surface area contributed by atoms with E-state index in [2.05, 4.69) is 23.7 Å². The van der Waals surface area contributed by atoms with Gasteiger partial charge in [-0.2, -0.15) is 0 Å². The molecule has 1 N–H and O–H groups in total. The molecule has 4 heteroatoms. The van der Waals surface area contributed by atoms with Gasteiger partial charge in [0.25, 0.3) is 0 Å². The van der Waals surface area contributed by atoms with Crippen molar-refractivity contribution in [3.8, 4) is 11.8 Å². The van der Waals surface area contributed by atoms with Gasteiger partial charge in [-0.25, -0.2) is 4.79 Å². The number of aliphatic hydroxyl groups is 1. The summed E-state index contributed by atoms with van der Waals surface area (Å²) in [6, 6.07) is 0. The first-order chi connectivity index (χ1) is 11.1. The molecule has 0 radical (unpaired) electrons. The second-order valence-electron chi connectivity index (χ2n) is 7.38. The summed E-state index contributed by atoms with van der Waals surface area (Å²) in [5, 5.41) is 11.0. The first-order valence-corrected chi connectivity index (χ1v) is 9.29. The summed E-state index contributed by atoms with van der Waals surface area (Å²) in [5.74, 6) is 5.78. The van der Waals surface area contributed by atoms with Crippen LogP contribution in [0.4, 0.5) is 0 Å². The number of ether oxygens (including phenoxy) is 1. The number of esters is 1. The van der Waals surface area contributed by atoms with Gasteiger partial charge in [0.15, 0.2) is 0 Å².